The zero-order chi connectivity index (χ0) is 27.0. The molecule has 1 saturated heterocycles. The maximum absolute atomic E-state index is 13.0. The van der Waals surface area contributed by atoms with E-state index in [1.165, 1.54) is 4.90 Å². The van der Waals surface area contributed by atoms with Gasteiger partial charge in [-0.15, -0.1) is 0 Å². The Balaban J connectivity index is 1.77. The van der Waals surface area contributed by atoms with Crippen molar-refractivity contribution in [2.24, 2.45) is 0 Å². The molecule has 4 rings (SSSR count). The number of halogens is 3. The minimum absolute atomic E-state index is 0.222. The molecule has 0 radical (unpaired) electrons. The van der Waals surface area contributed by atoms with E-state index in [0.29, 0.717) is 37.6 Å². The lowest BCUT2D eigenvalue weighted by atomic mass is 9.82. The van der Waals surface area contributed by atoms with Crippen LogP contribution in [0.3, 0.4) is 0 Å². The molecule has 1 unspecified atom stereocenters. The molecule has 37 heavy (non-hydrogen) atoms. The Hall–Kier alpha value is -3.11. The van der Waals surface area contributed by atoms with Crippen LogP contribution < -0.4 is 5.32 Å². The molecule has 0 aromatic carbocycles. The van der Waals surface area contributed by atoms with Crippen LogP contribution in [0.15, 0.2) is 42.7 Å². The third kappa shape index (κ3) is 5.60. The zero-order valence-corrected chi connectivity index (χ0v) is 21.9. The van der Waals surface area contributed by atoms with Gasteiger partial charge < -0.3 is 14.5 Å². The van der Waals surface area contributed by atoms with E-state index < -0.39 is 18.3 Å². The first-order valence-corrected chi connectivity index (χ1v) is 12.4. The molecule has 0 saturated carbocycles. The maximum atomic E-state index is 13.0. The van der Waals surface area contributed by atoms with Crippen LogP contribution in [-0.4, -0.2) is 77.2 Å². The minimum Gasteiger partial charge on any atom is -0.459 e. The SMILES string of the molecule is CNc1cc(C(C)(c2cc3cc(C(=O)OC(C)C)ccn3c2C)N2CCN(CC(F)(F)F)CC2)ccn1. The van der Waals surface area contributed by atoms with Gasteiger partial charge in [-0.25, -0.2) is 9.78 Å². The number of rotatable bonds is 7. The Labute approximate surface area is 215 Å². The number of aryl methyl sites for hydroxylation is 1. The lowest BCUT2D eigenvalue weighted by Crippen LogP contribution is -2.56. The highest BCUT2D eigenvalue weighted by Gasteiger charge is 2.41. The second-order valence-corrected chi connectivity index (χ2v) is 9.94. The van der Waals surface area contributed by atoms with Crippen LogP contribution in [-0.2, 0) is 10.3 Å². The molecule has 200 valence electrons. The van der Waals surface area contributed by atoms with Gasteiger partial charge in [-0.1, -0.05) is 0 Å². The number of aromatic nitrogens is 2. The van der Waals surface area contributed by atoms with Gasteiger partial charge in [0.2, 0.25) is 0 Å². The van der Waals surface area contributed by atoms with E-state index in [2.05, 4.69) is 28.2 Å². The second-order valence-electron chi connectivity index (χ2n) is 9.94. The predicted octanol–water partition coefficient (Wildman–Crippen LogP) is 4.69. The molecule has 10 heteroatoms. The summed E-state index contributed by atoms with van der Waals surface area (Å²) in [5.74, 6) is 0.328. The number of nitrogens with one attached hydrogen (secondary N) is 1. The Bertz CT molecular complexity index is 1260. The summed E-state index contributed by atoms with van der Waals surface area (Å²) >= 11 is 0. The molecular weight excluding hydrogens is 483 g/mol. The van der Waals surface area contributed by atoms with Crippen molar-refractivity contribution in [1.29, 1.82) is 0 Å². The molecule has 0 aliphatic carbocycles. The first-order chi connectivity index (χ1) is 17.4. The fraction of sp³-hybridized carbons (Fsp3) is 0.481. The van der Waals surface area contributed by atoms with Crippen LogP contribution in [0, 0.1) is 6.92 Å². The van der Waals surface area contributed by atoms with Gasteiger partial charge in [-0.05, 0) is 69.2 Å². The highest BCUT2D eigenvalue weighted by molar-refractivity contribution is 5.91. The van der Waals surface area contributed by atoms with Crippen LogP contribution in [0.5, 0.6) is 0 Å². The van der Waals surface area contributed by atoms with E-state index in [0.717, 1.165) is 22.3 Å². The summed E-state index contributed by atoms with van der Waals surface area (Å²) in [6.07, 6.45) is -0.841. The van der Waals surface area contributed by atoms with Crippen LogP contribution in [0.25, 0.3) is 5.52 Å². The standard InChI is InChI=1S/C27H34F3N5O2/c1-18(2)37-25(36)20-7-9-35-19(3)23(16-22(35)14-20)26(4,21-6-8-32-24(15-21)31-5)34-12-10-33(11-13-34)17-27(28,29)30/h6-9,14-16,18H,10-13,17H2,1-5H3,(H,31,32). The van der Waals surface area contributed by atoms with Crippen LogP contribution >= 0.6 is 0 Å². The lowest BCUT2D eigenvalue weighted by molar-refractivity contribution is -0.150. The van der Waals surface area contributed by atoms with Crippen LogP contribution in [0.4, 0.5) is 19.0 Å². The topological polar surface area (TPSA) is 62.1 Å². The minimum atomic E-state index is -4.22. The van der Waals surface area contributed by atoms with Crippen molar-refractivity contribution >= 4 is 17.3 Å². The van der Waals surface area contributed by atoms with E-state index in [-0.39, 0.29) is 12.1 Å². The number of piperazine rings is 1. The average molecular weight is 518 g/mol. The van der Waals surface area contributed by atoms with Gasteiger partial charge in [0.05, 0.1) is 23.8 Å². The van der Waals surface area contributed by atoms with Crippen molar-refractivity contribution < 1.29 is 22.7 Å². The average Bonchev–Trinajstić information content (AvgIpc) is 3.18. The molecular formula is C27H34F3N5O2. The van der Waals surface area contributed by atoms with Crippen molar-refractivity contribution in [2.75, 3.05) is 45.1 Å². The van der Waals surface area contributed by atoms with E-state index in [1.54, 1.807) is 19.3 Å². The van der Waals surface area contributed by atoms with E-state index >= 15 is 0 Å². The number of fused-ring (bicyclic) bond motifs is 1. The smallest absolute Gasteiger partial charge is 0.401 e. The Morgan fingerprint density at radius 3 is 2.46 bits per heavy atom. The van der Waals surface area contributed by atoms with Gasteiger partial charge in [0.1, 0.15) is 5.82 Å². The summed E-state index contributed by atoms with van der Waals surface area (Å²) in [6.45, 7) is 8.43. The van der Waals surface area contributed by atoms with Crippen molar-refractivity contribution in [2.45, 2.75) is 45.5 Å². The molecule has 0 bridgehead atoms. The number of hydrogen-bond acceptors (Lipinski definition) is 6. The second kappa shape index (κ2) is 10.3. The number of carbonyl (C=O) groups excluding carboxylic acids is 1. The van der Waals surface area contributed by atoms with Gasteiger partial charge >= 0.3 is 12.1 Å². The van der Waals surface area contributed by atoms with Gasteiger partial charge in [-0.2, -0.15) is 13.2 Å². The number of pyridine rings is 2. The number of carbonyl (C=O) groups is 1. The number of anilines is 1. The Morgan fingerprint density at radius 2 is 1.84 bits per heavy atom. The fourth-order valence-corrected chi connectivity index (χ4v) is 5.20. The normalized spacial score (nSPS) is 17.2. The number of esters is 1. The summed E-state index contributed by atoms with van der Waals surface area (Å²) in [4.78, 5) is 20.6. The van der Waals surface area contributed by atoms with Gasteiger partial charge in [0.25, 0.3) is 0 Å². The molecule has 3 aromatic heterocycles. The van der Waals surface area contributed by atoms with Crippen molar-refractivity contribution in [3.05, 3.63) is 65.1 Å². The summed E-state index contributed by atoms with van der Waals surface area (Å²) in [5, 5.41) is 3.08. The number of alkyl halides is 3. The van der Waals surface area contributed by atoms with Crippen molar-refractivity contribution in [3.63, 3.8) is 0 Å². The van der Waals surface area contributed by atoms with Gasteiger partial charge in [0, 0.05) is 56.8 Å². The number of nitrogens with zero attached hydrogens (tertiary/aromatic N) is 4. The maximum Gasteiger partial charge on any atom is 0.401 e. The van der Waals surface area contributed by atoms with Crippen LogP contribution in [0.1, 0.15) is 48.0 Å². The van der Waals surface area contributed by atoms with Crippen molar-refractivity contribution in [1.82, 2.24) is 19.2 Å². The highest BCUT2D eigenvalue weighted by atomic mass is 19.4. The summed E-state index contributed by atoms with van der Waals surface area (Å²) < 4.78 is 46.4. The lowest BCUT2D eigenvalue weighted by Gasteiger charge is -2.46. The zero-order valence-electron chi connectivity index (χ0n) is 21.9. The Kier molecular flexibility index (Phi) is 7.52. The van der Waals surface area contributed by atoms with E-state index in [4.69, 9.17) is 4.74 Å². The molecule has 1 fully saturated rings. The molecule has 0 amide bonds. The number of hydrogen-bond donors (Lipinski definition) is 1. The Morgan fingerprint density at radius 1 is 1.14 bits per heavy atom. The summed E-state index contributed by atoms with van der Waals surface area (Å²) in [6, 6.07) is 9.55. The fourth-order valence-electron chi connectivity index (χ4n) is 5.20. The quantitative estimate of drug-likeness (QED) is 0.459. The molecule has 7 nitrogen and oxygen atoms in total. The first kappa shape index (κ1) is 26.9. The van der Waals surface area contributed by atoms with Gasteiger partial charge in [0.15, 0.2) is 0 Å². The monoisotopic (exact) mass is 517 g/mol. The largest absolute Gasteiger partial charge is 0.459 e. The molecule has 4 heterocycles. The number of ether oxygens (including phenoxy) is 1. The first-order valence-electron chi connectivity index (χ1n) is 12.4. The molecule has 1 atom stereocenters. The highest BCUT2D eigenvalue weighted by Crippen LogP contribution is 2.40. The van der Waals surface area contributed by atoms with E-state index in [9.17, 15) is 18.0 Å². The third-order valence-corrected chi connectivity index (χ3v) is 7.12. The third-order valence-electron chi connectivity index (χ3n) is 7.12. The summed E-state index contributed by atoms with van der Waals surface area (Å²) in [5.41, 5.74) is 3.65. The predicted molar refractivity (Wildman–Crippen MR) is 137 cm³/mol. The molecule has 0 spiro atoms. The van der Waals surface area contributed by atoms with Crippen LogP contribution in [0.2, 0.25) is 0 Å². The van der Waals surface area contributed by atoms with E-state index in [1.807, 2.05) is 49.6 Å². The summed E-state index contributed by atoms with van der Waals surface area (Å²) in [7, 11) is 1.80. The van der Waals surface area contributed by atoms with Gasteiger partial charge in [-0.3, -0.25) is 9.80 Å². The molecule has 1 aliphatic rings. The molecule has 3 aromatic rings. The molecule has 1 aliphatic heterocycles. The van der Waals surface area contributed by atoms with Crippen molar-refractivity contribution in [3.8, 4) is 0 Å². The molecule has 1 N–H and O–H groups in total.